The molecule has 136 valence electrons. The zero-order valence-corrected chi connectivity index (χ0v) is 17.2. The van der Waals surface area contributed by atoms with Gasteiger partial charge >= 0.3 is 0 Å². The molecule has 0 fully saturated rings. The minimum absolute atomic E-state index is 0. The van der Waals surface area contributed by atoms with Crippen molar-refractivity contribution in [2.75, 3.05) is 24.5 Å². The van der Waals surface area contributed by atoms with Crippen LogP contribution in [0, 0.1) is 0 Å². The second-order valence-corrected chi connectivity index (χ2v) is 6.22. The lowest BCUT2D eigenvalue weighted by Crippen LogP contribution is -2.40. The molecule has 4 rings (SSSR count). The predicted octanol–water partition coefficient (Wildman–Crippen LogP) is 3.75. The summed E-state index contributed by atoms with van der Waals surface area (Å²) in [4.78, 5) is 15.1. The first-order chi connectivity index (χ1) is 12.3. The van der Waals surface area contributed by atoms with Crippen LogP contribution in [0.5, 0.6) is 0 Å². The molecule has 0 unspecified atom stereocenters. The summed E-state index contributed by atoms with van der Waals surface area (Å²) in [5.41, 5.74) is 4.76. The normalized spacial score (nSPS) is 13.6. The van der Waals surface area contributed by atoms with Gasteiger partial charge < -0.3 is 15.2 Å². The number of hydrogen-bond acceptors (Lipinski definition) is 2. The van der Waals surface area contributed by atoms with E-state index in [1.165, 1.54) is 11.3 Å². The lowest BCUT2D eigenvalue weighted by atomic mass is 10.2. The highest BCUT2D eigenvalue weighted by Gasteiger charge is 2.22. The van der Waals surface area contributed by atoms with Crippen molar-refractivity contribution in [1.82, 2.24) is 15.3 Å². The molecule has 0 aliphatic carbocycles. The number of rotatable bonds is 4. The van der Waals surface area contributed by atoms with E-state index < -0.39 is 0 Å². The Morgan fingerprint density at radius 2 is 2.00 bits per heavy atom. The van der Waals surface area contributed by atoms with Crippen molar-refractivity contribution in [3.8, 4) is 0 Å². The zero-order valence-electron chi connectivity index (χ0n) is 14.9. The maximum absolute atomic E-state index is 4.83. The molecule has 26 heavy (non-hydrogen) atoms. The van der Waals surface area contributed by atoms with E-state index in [0.29, 0.717) is 6.54 Å². The van der Waals surface area contributed by atoms with Crippen LogP contribution in [0.15, 0.2) is 53.5 Å². The van der Waals surface area contributed by atoms with E-state index in [1.54, 1.807) is 0 Å². The van der Waals surface area contributed by atoms with Gasteiger partial charge in [0.15, 0.2) is 5.96 Å². The summed E-state index contributed by atoms with van der Waals surface area (Å²) in [6.07, 6.45) is 1.88. The summed E-state index contributed by atoms with van der Waals surface area (Å²) in [6, 6.07) is 16.7. The fraction of sp³-hybridized carbons (Fsp3) is 0.300. The van der Waals surface area contributed by atoms with E-state index in [9.17, 15) is 0 Å². The Bertz CT molecular complexity index is 869. The van der Waals surface area contributed by atoms with Crippen molar-refractivity contribution in [3.05, 3.63) is 59.9 Å². The van der Waals surface area contributed by atoms with E-state index >= 15 is 0 Å². The van der Waals surface area contributed by atoms with Crippen LogP contribution in [0.4, 0.5) is 5.69 Å². The van der Waals surface area contributed by atoms with Crippen molar-refractivity contribution < 1.29 is 0 Å². The number of benzene rings is 2. The predicted molar refractivity (Wildman–Crippen MR) is 119 cm³/mol. The van der Waals surface area contributed by atoms with Gasteiger partial charge in [0.05, 0.1) is 11.0 Å². The Hall–Kier alpha value is -2.09. The number of H-pyrrole nitrogens is 1. The largest absolute Gasteiger partial charge is 0.356 e. The first-order valence-electron chi connectivity index (χ1n) is 8.92. The quantitative estimate of drug-likeness (QED) is 0.354. The van der Waals surface area contributed by atoms with Gasteiger partial charge in [-0.2, -0.15) is 0 Å². The van der Waals surface area contributed by atoms with Gasteiger partial charge in [0.25, 0.3) is 0 Å². The molecule has 1 aliphatic rings. The molecule has 6 heteroatoms. The summed E-state index contributed by atoms with van der Waals surface area (Å²) in [5.74, 6) is 1.95. The number of para-hydroxylation sites is 3. The molecule has 1 aromatic heterocycles. The molecule has 0 spiro atoms. The van der Waals surface area contributed by atoms with Crippen LogP contribution in [0.1, 0.15) is 18.3 Å². The maximum atomic E-state index is 4.83. The van der Waals surface area contributed by atoms with Crippen molar-refractivity contribution in [1.29, 1.82) is 0 Å². The lowest BCUT2D eigenvalue weighted by molar-refractivity contribution is 0.853. The Labute approximate surface area is 170 Å². The van der Waals surface area contributed by atoms with Crippen LogP contribution in [0.2, 0.25) is 0 Å². The lowest BCUT2D eigenvalue weighted by Gasteiger charge is -2.22. The van der Waals surface area contributed by atoms with Gasteiger partial charge in [0.1, 0.15) is 5.82 Å². The molecule has 0 saturated heterocycles. The van der Waals surface area contributed by atoms with Crippen LogP contribution in [0.25, 0.3) is 11.0 Å². The SMILES string of the molecule is CCNC(=NCCc1nc2ccccc2[nH]1)N1CCc2ccccc21.I. The number of guanidine groups is 1. The van der Waals surface area contributed by atoms with Crippen molar-refractivity contribution >= 4 is 46.7 Å². The van der Waals surface area contributed by atoms with Gasteiger partial charge in [0.2, 0.25) is 0 Å². The standard InChI is InChI=1S/C20H23N5.HI/c1-2-21-20(25-14-12-15-7-3-6-10-18(15)25)22-13-11-19-23-16-8-4-5-9-17(16)24-19;/h3-10H,2,11-14H2,1H3,(H,21,22)(H,23,24);1H. The topological polar surface area (TPSA) is 56.3 Å². The number of hydrogen-bond donors (Lipinski definition) is 2. The van der Waals surface area contributed by atoms with Crippen molar-refractivity contribution in [2.45, 2.75) is 19.8 Å². The molecule has 3 aromatic rings. The monoisotopic (exact) mass is 461 g/mol. The molecule has 0 saturated carbocycles. The van der Waals surface area contributed by atoms with E-state index in [-0.39, 0.29) is 24.0 Å². The third-order valence-electron chi connectivity index (χ3n) is 4.53. The molecular formula is C20H24IN5. The molecule has 0 bridgehead atoms. The second-order valence-electron chi connectivity index (χ2n) is 6.22. The molecule has 2 N–H and O–H groups in total. The van der Waals surface area contributed by atoms with Crippen molar-refractivity contribution in [2.24, 2.45) is 4.99 Å². The highest BCUT2D eigenvalue weighted by atomic mass is 127. The first-order valence-corrected chi connectivity index (χ1v) is 8.92. The van der Waals surface area contributed by atoms with Gasteiger partial charge in [-0.15, -0.1) is 24.0 Å². The van der Waals surface area contributed by atoms with Gasteiger partial charge in [0, 0.05) is 31.7 Å². The van der Waals surface area contributed by atoms with E-state index in [4.69, 9.17) is 4.99 Å². The number of imidazole rings is 1. The van der Waals surface area contributed by atoms with Gasteiger partial charge in [-0.25, -0.2) is 4.98 Å². The van der Waals surface area contributed by atoms with Gasteiger partial charge in [-0.05, 0) is 37.1 Å². The summed E-state index contributed by atoms with van der Waals surface area (Å²) in [6.45, 7) is 4.66. The van der Waals surface area contributed by atoms with Crippen LogP contribution >= 0.6 is 24.0 Å². The minimum atomic E-state index is 0. The van der Waals surface area contributed by atoms with Gasteiger partial charge in [-0.3, -0.25) is 4.99 Å². The van der Waals surface area contributed by atoms with Gasteiger partial charge in [-0.1, -0.05) is 30.3 Å². The molecule has 0 radical (unpaired) electrons. The summed E-state index contributed by atoms with van der Waals surface area (Å²) >= 11 is 0. The first kappa shape index (κ1) is 18.7. The van der Waals surface area contributed by atoms with Crippen LogP contribution < -0.4 is 10.2 Å². The maximum Gasteiger partial charge on any atom is 0.198 e. The number of aromatic amines is 1. The molecular weight excluding hydrogens is 437 g/mol. The Balaban J connectivity index is 0.00000196. The number of anilines is 1. The molecule has 5 nitrogen and oxygen atoms in total. The van der Waals surface area contributed by atoms with Crippen molar-refractivity contribution in [3.63, 3.8) is 0 Å². The molecule has 2 heterocycles. The fourth-order valence-electron chi connectivity index (χ4n) is 3.34. The van der Waals surface area contributed by atoms with E-state index in [2.05, 4.69) is 57.4 Å². The minimum Gasteiger partial charge on any atom is -0.356 e. The Morgan fingerprint density at radius 1 is 1.19 bits per heavy atom. The smallest absolute Gasteiger partial charge is 0.198 e. The summed E-state index contributed by atoms with van der Waals surface area (Å²) in [7, 11) is 0. The molecule has 0 amide bonds. The highest BCUT2D eigenvalue weighted by Crippen LogP contribution is 2.27. The number of fused-ring (bicyclic) bond motifs is 2. The van der Waals surface area contributed by atoms with E-state index in [1.807, 2.05) is 18.2 Å². The molecule has 0 atom stereocenters. The number of nitrogens with one attached hydrogen (secondary N) is 2. The highest BCUT2D eigenvalue weighted by molar-refractivity contribution is 14.0. The van der Waals surface area contributed by atoms with E-state index in [0.717, 1.165) is 48.7 Å². The number of halogens is 1. The average molecular weight is 461 g/mol. The number of nitrogens with zero attached hydrogens (tertiary/aromatic N) is 3. The molecule has 1 aliphatic heterocycles. The summed E-state index contributed by atoms with van der Waals surface area (Å²) in [5, 5.41) is 3.42. The number of aliphatic imine (C=N–C) groups is 1. The zero-order chi connectivity index (χ0) is 17.1. The van der Waals surface area contributed by atoms with Crippen LogP contribution in [0.3, 0.4) is 0 Å². The summed E-state index contributed by atoms with van der Waals surface area (Å²) < 4.78 is 0. The Morgan fingerprint density at radius 3 is 2.85 bits per heavy atom. The Kier molecular flexibility index (Phi) is 6.13. The van der Waals surface area contributed by atoms with Crippen LogP contribution in [-0.4, -0.2) is 35.6 Å². The second kappa shape index (κ2) is 8.53. The van der Waals surface area contributed by atoms with Crippen LogP contribution in [-0.2, 0) is 12.8 Å². The fourth-order valence-corrected chi connectivity index (χ4v) is 3.34. The average Bonchev–Trinajstić information content (AvgIpc) is 3.24. The molecule has 2 aromatic carbocycles. The third-order valence-corrected chi connectivity index (χ3v) is 4.53. The third kappa shape index (κ3) is 3.85. The number of aromatic nitrogens is 2.